The highest BCUT2D eigenvalue weighted by Crippen LogP contribution is 2.80. The van der Waals surface area contributed by atoms with Crippen molar-refractivity contribution in [3.63, 3.8) is 0 Å². The third kappa shape index (κ3) is 2.36. The van der Waals surface area contributed by atoms with Gasteiger partial charge in [-0.3, -0.25) is 9.59 Å². The van der Waals surface area contributed by atoms with E-state index in [9.17, 15) is 9.59 Å². The van der Waals surface area contributed by atoms with E-state index in [2.05, 4.69) is 27.4 Å². The molecule has 29 heavy (non-hydrogen) atoms. The van der Waals surface area contributed by atoms with Crippen molar-refractivity contribution in [3.8, 4) is 0 Å². The summed E-state index contributed by atoms with van der Waals surface area (Å²) in [5.74, 6) is 3.88. The molecule has 5 fully saturated rings. The molecule has 3 heteroatoms. The van der Waals surface area contributed by atoms with Crippen LogP contribution in [-0.4, -0.2) is 17.9 Å². The summed E-state index contributed by atoms with van der Waals surface area (Å²) in [5, 5.41) is 0. The van der Waals surface area contributed by atoms with Crippen LogP contribution in [0.4, 0.5) is 0 Å². The fourth-order valence-electron chi connectivity index (χ4n) is 9.71. The second-order valence-electron chi connectivity index (χ2n) is 11.7. The van der Waals surface area contributed by atoms with Gasteiger partial charge in [-0.1, -0.05) is 33.4 Å². The molecule has 0 heterocycles. The van der Waals surface area contributed by atoms with Gasteiger partial charge in [-0.15, -0.1) is 0 Å². The Morgan fingerprint density at radius 2 is 1.93 bits per heavy atom. The Hall–Kier alpha value is -1.12. The molecule has 5 aliphatic rings. The molecule has 0 bridgehead atoms. The van der Waals surface area contributed by atoms with Gasteiger partial charge in [0.25, 0.3) is 0 Å². The third-order valence-electron chi connectivity index (χ3n) is 11.1. The van der Waals surface area contributed by atoms with Gasteiger partial charge in [0, 0.05) is 24.7 Å². The number of carbonyl (C=O) groups excluding carboxylic acids is 2. The molecule has 0 amide bonds. The molecule has 5 rings (SSSR count). The van der Waals surface area contributed by atoms with Crippen LogP contribution in [0.3, 0.4) is 0 Å². The minimum absolute atomic E-state index is 0.0798. The Labute approximate surface area is 176 Å². The summed E-state index contributed by atoms with van der Waals surface area (Å²) in [6.07, 6.45) is 11.2. The number of esters is 1. The highest BCUT2D eigenvalue weighted by atomic mass is 16.5. The van der Waals surface area contributed by atoms with Gasteiger partial charge in [0.1, 0.15) is 11.9 Å². The molecule has 0 saturated heterocycles. The Morgan fingerprint density at radius 3 is 2.59 bits per heavy atom. The highest BCUT2D eigenvalue weighted by molar-refractivity contribution is 5.91. The second-order valence-corrected chi connectivity index (χ2v) is 11.7. The lowest BCUT2D eigenvalue weighted by Gasteiger charge is -2.58. The first kappa shape index (κ1) is 19.8. The fourth-order valence-corrected chi connectivity index (χ4v) is 9.71. The quantitative estimate of drug-likeness (QED) is 0.459. The van der Waals surface area contributed by atoms with Gasteiger partial charge in [-0.25, -0.2) is 0 Å². The van der Waals surface area contributed by atoms with Gasteiger partial charge >= 0.3 is 5.97 Å². The van der Waals surface area contributed by atoms with Gasteiger partial charge in [-0.2, -0.15) is 0 Å². The smallest absolute Gasteiger partial charge is 0.303 e. The van der Waals surface area contributed by atoms with Crippen LogP contribution in [0.1, 0.15) is 79.1 Å². The predicted molar refractivity (Wildman–Crippen MR) is 113 cm³/mol. The molecular weight excluding hydrogens is 360 g/mol. The molecule has 5 aliphatic carbocycles. The van der Waals surface area contributed by atoms with Crippen LogP contribution in [0.2, 0.25) is 0 Å². The molecule has 0 radical (unpaired) electrons. The summed E-state index contributed by atoms with van der Waals surface area (Å²) < 4.78 is 5.60. The first-order chi connectivity index (χ1) is 13.7. The average molecular weight is 399 g/mol. The van der Waals surface area contributed by atoms with Crippen molar-refractivity contribution in [2.75, 3.05) is 0 Å². The number of hydrogen-bond acceptors (Lipinski definition) is 3. The first-order valence-electron chi connectivity index (χ1n) is 12.0. The van der Waals surface area contributed by atoms with Crippen molar-refractivity contribution in [2.24, 2.45) is 51.8 Å². The number of ketones is 1. The van der Waals surface area contributed by atoms with Gasteiger partial charge in [-0.05, 0) is 85.4 Å². The summed E-state index contributed by atoms with van der Waals surface area (Å²) in [6.45, 7) is 12.7. The molecule has 0 aliphatic heterocycles. The lowest BCUT2D eigenvalue weighted by Crippen LogP contribution is -2.55. The van der Waals surface area contributed by atoms with E-state index in [-0.39, 0.29) is 34.2 Å². The number of Topliss-reactive ketones (excluding diaryl/α,β-unsaturated/α-hetero) is 1. The summed E-state index contributed by atoms with van der Waals surface area (Å²) >= 11 is 0. The maximum absolute atomic E-state index is 13.4. The van der Waals surface area contributed by atoms with Crippen LogP contribution in [-0.2, 0) is 14.3 Å². The van der Waals surface area contributed by atoms with Crippen LogP contribution in [0.25, 0.3) is 0 Å². The van der Waals surface area contributed by atoms with Crippen LogP contribution in [0, 0.1) is 51.8 Å². The highest BCUT2D eigenvalue weighted by Gasteiger charge is 2.77. The lowest BCUT2D eigenvalue weighted by molar-refractivity contribution is -0.155. The minimum Gasteiger partial charge on any atom is -0.458 e. The van der Waals surface area contributed by atoms with Crippen molar-refractivity contribution >= 4 is 11.8 Å². The topological polar surface area (TPSA) is 43.4 Å². The predicted octanol–water partition coefficient (Wildman–Crippen LogP) is 5.58. The molecule has 0 aromatic rings. The Kier molecular flexibility index (Phi) is 4.24. The Morgan fingerprint density at radius 1 is 1.17 bits per heavy atom. The fraction of sp³-hybridized carbons (Fsp3) is 0.846. The number of carbonyl (C=O) groups is 2. The zero-order valence-corrected chi connectivity index (χ0v) is 18.7. The zero-order chi connectivity index (χ0) is 20.8. The minimum atomic E-state index is -0.221. The molecule has 10 atom stereocenters. The lowest BCUT2D eigenvalue weighted by atomic mass is 9.45. The molecule has 3 nitrogen and oxygen atoms in total. The molecule has 160 valence electrons. The number of rotatable bonds is 4. The van der Waals surface area contributed by atoms with Gasteiger partial charge < -0.3 is 4.74 Å². The number of hydrogen-bond donors (Lipinski definition) is 0. The first-order valence-corrected chi connectivity index (χ1v) is 12.0. The van der Waals surface area contributed by atoms with Gasteiger partial charge in [0.15, 0.2) is 0 Å². The summed E-state index contributed by atoms with van der Waals surface area (Å²) in [5.41, 5.74) is 0.602. The van der Waals surface area contributed by atoms with E-state index in [1.807, 2.05) is 6.08 Å². The Balaban J connectivity index is 1.42. The molecule has 0 aromatic carbocycles. The second kappa shape index (κ2) is 6.20. The SMILES string of the molecule is C=C[C@@H](OC(C)=O)[C@H](C)[C@H]1CC[C@H]2[C@@H]3CC(=O)[C@]45C[C@H]4CC[C@]5(C)[C@H]3CC[C@]12C. The van der Waals surface area contributed by atoms with E-state index >= 15 is 0 Å². The van der Waals surface area contributed by atoms with Crippen LogP contribution in [0.5, 0.6) is 0 Å². The zero-order valence-electron chi connectivity index (χ0n) is 18.7. The van der Waals surface area contributed by atoms with Crippen molar-refractivity contribution in [1.82, 2.24) is 0 Å². The van der Waals surface area contributed by atoms with Crippen molar-refractivity contribution < 1.29 is 14.3 Å². The number of ether oxygens (including phenoxy) is 1. The third-order valence-corrected chi connectivity index (χ3v) is 11.1. The molecule has 0 N–H and O–H groups in total. The van der Waals surface area contributed by atoms with E-state index in [1.165, 1.54) is 51.9 Å². The van der Waals surface area contributed by atoms with E-state index in [4.69, 9.17) is 4.74 Å². The average Bonchev–Trinajstić information content (AvgIpc) is 3.20. The van der Waals surface area contributed by atoms with Crippen molar-refractivity contribution in [1.29, 1.82) is 0 Å². The monoisotopic (exact) mass is 398 g/mol. The van der Waals surface area contributed by atoms with E-state index in [1.54, 1.807) is 0 Å². The van der Waals surface area contributed by atoms with E-state index in [0.29, 0.717) is 29.5 Å². The van der Waals surface area contributed by atoms with Crippen LogP contribution >= 0.6 is 0 Å². The largest absolute Gasteiger partial charge is 0.458 e. The number of fused-ring (bicyclic) bond motifs is 4. The van der Waals surface area contributed by atoms with Crippen LogP contribution in [0.15, 0.2) is 12.7 Å². The molecule has 1 spiro atoms. The maximum Gasteiger partial charge on any atom is 0.303 e. The van der Waals surface area contributed by atoms with E-state index < -0.39 is 0 Å². The summed E-state index contributed by atoms with van der Waals surface area (Å²) in [7, 11) is 0. The standard InChI is InChI=1S/C26H38O3/c1-6-22(29-16(3)27)15(2)19-7-8-20-18-13-23(28)26-14-17(26)9-12-25(26,5)21(18)10-11-24(19,20)4/h6,15,17-22H,1,7-14H2,2-5H3/t15-,17-,18+,19-,20+,21+,22-,24-,25-,26+/m1/s1. The van der Waals surface area contributed by atoms with Crippen molar-refractivity contribution in [3.05, 3.63) is 12.7 Å². The van der Waals surface area contributed by atoms with E-state index in [0.717, 1.165) is 12.3 Å². The van der Waals surface area contributed by atoms with Crippen LogP contribution < -0.4 is 0 Å². The summed E-state index contributed by atoms with van der Waals surface area (Å²) in [6, 6.07) is 0. The Bertz CT molecular complexity index is 757. The molecule has 0 aromatic heterocycles. The summed E-state index contributed by atoms with van der Waals surface area (Å²) in [4.78, 5) is 25.0. The van der Waals surface area contributed by atoms with Gasteiger partial charge in [0.05, 0.1) is 0 Å². The molecule has 0 unspecified atom stereocenters. The molecule has 5 saturated carbocycles. The van der Waals surface area contributed by atoms with Crippen molar-refractivity contribution in [2.45, 2.75) is 85.2 Å². The molecular formula is C26H38O3. The van der Waals surface area contributed by atoms with Gasteiger partial charge in [0.2, 0.25) is 0 Å². The normalized spacial score (nSPS) is 51.9. The maximum atomic E-state index is 13.4.